The summed E-state index contributed by atoms with van der Waals surface area (Å²) in [7, 11) is 3.37. The summed E-state index contributed by atoms with van der Waals surface area (Å²) in [6.45, 7) is 0.969. The van der Waals surface area contributed by atoms with Crippen LogP contribution in [-0.4, -0.2) is 32.9 Å². The Balaban J connectivity index is 1.80. The average molecular weight is 534 g/mol. The predicted octanol–water partition coefficient (Wildman–Crippen LogP) is 5.64. The van der Waals surface area contributed by atoms with Crippen molar-refractivity contribution in [1.82, 2.24) is 14.1 Å². The van der Waals surface area contributed by atoms with E-state index in [1.54, 1.807) is 67.6 Å². The molecule has 1 unspecified atom stereocenters. The summed E-state index contributed by atoms with van der Waals surface area (Å²) in [5, 5.41) is 14.5. The maximum Gasteiger partial charge on any atom is 0.251 e. The summed E-state index contributed by atoms with van der Waals surface area (Å²) in [5.41, 5.74) is 2.40. The van der Waals surface area contributed by atoms with Crippen molar-refractivity contribution in [2.45, 2.75) is 12.1 Å². The molecule has 0 spiro atoms. The lowest BCUT2D eigenvalue weighted by Crippen LogP contribution is -2.32. The number of rotatable bonds is 7. The fourth-order valence-corrected chi connectivity index (χ4v) is 5.04. The summed E-state index contributed by atoms with van der Waals surface area (Å²) < 4.78 is 8.75. The Hall–Kier alpha value is -3.42. The van der Waals surface area contributed by atoms with Gasteiger partial charge in [-0.25, -0.2) is 4.98 Å². The van der Waals surface area contributed by atoms with Crippen LogP contribution < -0.4 is 5.56 Å². The minimum atomic E-state index is -1.57. The zero-order valence-corrected chi connectivity index (χ0v) is 21.9. The molecule has 0 saturated heterocycles. The number of methoxy groups -OCH3 is 1. The number of fused-ring (bicyclic) bond motifs is 1. The molecule has 0 saturated carbocycles. The number of aliphatic hydroxyl groups is 1. The molecule has 6 nitrogen and oxygen atoms in total. The largest absolute Gasteiger partial charge is 0.383 e. The van der Waals surface area contributed by atoms with Crippen molar-refractivity contribution < 1.29 is 9.84 Å². The fraction of sp³-hybridized carbons (Fsp3) is 0.172. The molecule has 1 N–H and O–H groups in total. The highest BCUT2D eigenvalue weighted by atomic mass is 35.5. The monoisotopic (exact) mass is 533 g/mol. The van der Waals surface area contributed by atoms with E-state index in [0.717, 1.165) is 22.0 Å². The van der Waals surface area contributed by atoms with Crippen molar-refractivity contribution in [3.8, 4) is 11.1 Å². The second kappa shape index (κ2) is 10.1. The molecule has 0 radical (unpaired) electrons. The molecule has 5 rings (SSSR count). The maximum absolute atomic E-state index is 12.8. The molecule has 37 heavy (non-hydrogen) atoms. The highest BCUT2D eigenvalue weighted by molar-refractivity contribution is 6.31. The van der Waals surface area contributed by atoms with E-state index in [2.05, 4.69) is 4.98 Å². The van der Waals surface area contributed by atoms with Crippen molar-refractivity contribution in [2.24, 2.45) is 7.05 Å². The number of halogens is 2. The Labute approximate surface area is 224 Å². The number of pyridine rings is 1. The van der Waals surface area contributed by atoms with Crippen LogP contribution in [0, 0.1) is 0 Å². The zero-order valence-electron chi connectivity index (χ0n) is 20.4. The zero-order chi connectivity index (χ0) is 26.2. The standard InChI is InChI=1S/C29H25Cl2N3O3/c1-33-26-11-8-21(15-25(26)24(16-28(33)35)19-4-3-5-23(31)14-19)29(36,20-6-9-22(30)10-7-20)27-17-32-18-34(27)12-13-37-2/h3-11,14-18,36H,12-13H2,1-2H3. The summed E-state index contributed by atoms with van der Waals surface area (Å²) in [4.78, 5) is 17.2. The molecule has 8 heteroatoms. The van der Waals surface area contributed by atoms with Gasteiger partial charge >= 0.3 is 0 Å². The Morgan fingerprint density at radius 1 is 0.973 bits per heavy atom. The molecule has 0 aliphatic heterocycles. The first-order chi connectivity index (χ1) is 17.8. The van der Waals surface area contributed by atoms with Gasteiger partial charge in [0.25, 0.3) is 5.56 Å². The highest BCUT2D eigenvalue weighted by Crippen LogP contribution is 2.39. The van der Waals surface area contributed by atoms with E-state index in [9.17, 15) is 9.90 Å². The van der Waals surface area contributed by atoms with Crippen LogP contribution in [0.2, 0.25) is 10.0 Å². The van der Waals surface area contributed by atoms with Crippen molar-refractivity contribution >= 4 is 34.1 Å². The van der Waals surface area contributed by atoms with E-state index in [1.165, 1.54) is 0 Å². The highest BCUT2D eigenvalue weighted by Gasteiger charge is 2.37. The van der Waals surface area contributed by atoms with Crippen LogP contribution in [0.25, 0.3) is 22.0 Å². The summed E-state index contributed by atoms with van der Waals surface area (Å²) >= 11 is 12.5. The smallest absolute Gasteiger partial charge is 0.251 e. The molecular formula is C29H25Cl2N3O3. The van der Waals surface area contributed by atoms with E-state index < -0.39 is 5.60 Å². The molecule has 1 atom stereocenters. The Morgan fingerprint density at radius 3 is 2.46 bits per heavy atom. The van der Waals surface area contributed by atoms with E-state index in [1.807, 2.05) is 41.0 Å². The van der Waals surface area contributed by atoms with Crippen molar-refractivity contribution in [3.63, 3.8) is 0 Å². The normalized spacial score (nSPS) is 13.1. The lowest BCUT2D eigenvalue weighted by Gasteiger charge is -2.31. The summed E-state index contributed by atoms with van der Waals surface area (Å²) in [6, 6.07) is 21.7. The Kier molecular flexibility index (Phi) is 6.92. The topological polar surface area (TPSA) is 69.3 Å². The van der Waals surface area contributed by atoms with Gasteiger partial charge in [0.15, 0.2) is 5.60 Å². The lowest BCUT2D eigenvalue weighted by atomic mass is 9.82. The molecule has 2 aromatic heterocycles. The number of aromatic nitrogens is 3. The first kappa shape index (κ1) is 25.2. The predicted molar refractivity (Wildman–Crippen MR) is 147 cm³/mol. The molecule has 5 aromatic rings. The van der Waals surface area contributed by atoms with E-state index in [4.69, 9.17) is 27.9 Å². The summed E-state index contributed by atoms with van der Waals surface area (Å²) in [5.74, 6) is 0. The number of hydrogen-bond donors (Lipinski definition) is 1. The second-order valence-electron chi connectivity index (χ2n) is 8.88. The molecule has 2 heterocycles. The molecule has 0 bridgehead atoms. The van der Waals surface area contributed by atoms with Crippen LogP contribution in [0.3, 0.4) is 0 Å². The van der Waals surface area contributed by atoms with Gasteiger partial charge in [0.2, 0.25) is 0 Å². The van der Waals surface area contributed by atoms with Gasteiger partial charge < -0.3 is 19.0 Å². The van der Waals surface area contributed by atoms with E-state index in [0.29, 0.717) is 40.0 Å². The van der Waals surface area contributed by atoms with Gasteiger partial charge in [-0.05, 0) is 58.7 Å². The van der Waals surface area contributed by atoms with Crippen LogP contribution in [0.5, 0.6) is 0 Å². The van der Waals surface area contributed by atoms with E-state index >= 15 is 0 Å². The third-order valence-corrected chi connectivity index (χ3v) is 7.17. The van der Waals surface area contributed by atoms with Crippen LogP contribution >= 0.6 is 23.2 Å². The lowest BCUT2D eigenvalue weighted by molar-refractivity contribution is 0.112. The number of nitrogens with zero attached hydrogens (tertiary/aromatic N) is 3. The maximum atomic E-state index is 12.8. The molecule has 0 fully saturated rings. The third-order valence-electron chi connectivity index (χ3n) is 6.68. The van der Waals surface area contributed by atoms with Gasteiger partial charge in [-0.3, -0.25) is 4.79 Å². The van der Waals surface area contributed by atoms with Crippen LogP contribution in [0.4, 0.5) is 0 Å². The Bertz CT molecular complexity index is 1640. The van der Waals surface area contributed by atoms with Gasteiger partial charge in [-0.15, -0.1) is 0 Å². The minimum Gasteiger partial charge on any atom is -0.383 e. The molecule has 3 aromatic carbocycles. The Morgan fingerprint density at radius 2 is 1.73 bits per heavy atom. The van der Waals surface area contributed by atoms with Gasteiger partial charge in [0.05, 0.1) is 30.3 Å². The number of benzene rings is 3. The molecule has 0 aliphatic rings. The molecule has 188 valence electrons. The average Bonchev–Trinajstić information content (AvgIpc) is 3.38. The second-order valence-corrected chi connectivity index (χ2v) is 9.75. The fourth-order valence-electron chi connectivity index (χ4n) is 4.72. The van der Waals surface area contributed by atoms with Crippen molar-refractivity contribution in [1.29, 1.82) is 0 Å². The number of aryl methyl sites for hydroxylation is 1. The van der Waals surface area contributed by atoms with E-state index in [-0.39, 0.29) is 5.56 Å². The molecule has 0 amide bonds. The van der Waals surface area contributed by atoms with Crippen LogP contribution in [0.1, 0.15) is 16.8 Å². The van der Waals surface area contributed by atoms with Gasteiger partial charge in [-0.1, -0.05) is 53.5 Å². The van der Waals surface area contributed by atoms with Gasteiger partial charge in [-0.2, -0.15) is 0 Å². The van der Waals surface area contributed by atoms with Crippen molar-refractivity contribution in [3.05, 3.63) is 123 Å². The molecule has 0 aliphatic carbocycles. The third kappa shape index (κ3) is 4.58. The van der Waals surface area contributed by atoms with Crippen LogP contribution in [-0.2, 0) is 23.9 Å². The first-order valence-corrected chi connectivity index (χ1v) is 12.5. The van der Waals surface area contributed by atoms with Gasteiger partial charge in [0, 0.05) is 42.2 Å². The quantitative estimate of drug-likeness (QED) is 0.294. The van der Waals surface area contributed by atoms with Crippen molar-refractivity contribution in [2.75, 3.05) is 13.7 Å². The molecular weight excluding hydrogens is 509 g/mol. The SMILES string of the molecule is COCCn1cncc1C(O)(c1ccc(Cl)cc1)c1ccc2c(c1)c(-c1cccc(Cl)c1)cc(=O)n2C. The first-order valence-electron chi connectivity index (χ1n) is 11.7. The summed E-state index contributed by atoms with van der Waals surface area (Å²) in [6.07, 6.45) is 3.34. The number of hydrogen-bond acceptors (Lipinski definition) is 4. The minimum absolute atomic E-state index is 0.138. The number of imidazole rings is 1. The number of ether oxygens (including phenoxy) is 1. The van der Waals surface area contributed by atoms with Gasteiger partial charge in [0.1, 0.15) is 0 Å². The van der Waals surface area contributed by atoms with Crippen LogP contribution in [0.15, 0.2) is 90.1 Å².